The van der Waals surface area contributed by atoms with Crippen molar-refractivity contribution in [1.82, 2.24) is 10.4 Å². The van der Waals surface area contributed by atoms with Crippen molar-refractivity contribution in [3.63, 3.8) is 0 Å². The Kier molecular flexibility index (Phi) is 4.25. The average Bonchev–Trinajstić information content (AvgIpc) is 2.49. The van der Waals surface area contributed by atoms with Crippen molar-refractivity contribution in [2.24, 2.45) is 5.84 Å². The van der Waals surface area contributed by atoms with Crippen LogP contribution in [-0.4, -0.2) is 11.0 Å². The van der Waals surface area contributed by atoms with Crippen molar-refractivity contribution in [3.05, 3.63) is 28.2 Å². The summed E-state index contributed by atoms with van der Waals surface area (Å²) in [5, 5.41) is 3.18. The molecule has 0 saturated carbocycles. The summed E-state index contributed by atoms with van der Waals surface area (Å²) in [5.41, 5.74) is 5.04. The summed E-state index contributed by atoms with van der Waals surface area (Å²) in [5.74, 6) is 5.46. The molecule has 1 aromatic heterocycles. The van der Waals surface area contributed by atoms with Gasteiger partial charge in [-0.25, -0.2) is 4.98 Å². The molecule has 0 fully saturated rings. The Hall–Kier alpha value is -0.710. The van der Waals surface area contributed by atoms with Gasteiger partial charge in [-0.2, -0.15) is 0 Å². The first-order chi connectivity index (χ1) is 6.61. The van der Waals surface area contributed by atoms with Crippen LogP contribution in [-0.2, 0) is 6.42 Å². The van der Waals surface area contributed by atoms with Gasteiger partial charge in [0.2, 0.25) is 0 Å². The molecule has 0 aromatic carbocycles. The first kappa shape index (κ1) is 11.4. The van der Waals surface area contributed by atoms with E-state index in [2.05, 4.69) is 22.4 Å². The fourth-order valence-corrected chi connectivity index (χ4v) is 1.99. The van der Waals surface area contributed by atoms with Crippen LogP contribution in [0.15, 0.2) is 17.5 Å². The van der Waals surface area contributed by atoms with Crippen LogP contribution >= 0.6 is 11.3 Å². The molecule has 4 heteroatoms. The lowest BCUT2D eigenvalue weighted by Gasteiger charge is -2.13. The Bertz CT molecular complexity index is 306. The third-order valence-corrected chi connectivity index (χ3v) is 2.78. The Labute approximate surface area is 89.0 Å². The molecule has 0 amide bonds. The van der Waals surface area contributed by atoms with E-state index in [1.165, 1.54) is 0 Å². The third kappa shape index (κ3) is 3.57. The predicted octanol–water partition coefficient (Wildman–Crippen LogP) is 1.79. The lowest BCUT2D eigenvalue weighted by Crippen LogP contribution is -2.37. The lowest BCUT2D eigenvalue weighted by molar-refractivity contribution is 0.517. The summed E-state index contributed by atoms with van der Waals surface area (Å²) in [7, 11) is 0. The molecule has 3 nitrogen and oxygen atoms in total. The third-order valence-electron chi connectivity index (χ3n) is 1.95. The zero-order valence-electron chi connectivity index (χ0n) is 8.71. The lowest BCUT2D eigenvalue weighted by atomic mass is 10.1. The number of rotatable bonds is 5. The molecule has 0 aliphatic rings. The molecule has 0 aliphatic heterocycles. The maximum atomic E-state index is 5.46. The molecule has 0 radical (unpaired) electrons. The fourth-order valence-electron chi connectivity index (χ4n) is 1.37. The van der Waals surface area contributed by atoms with Gasteiger partial charge in [0.1, 0.15) is 0 Å². The van der Waals surface area contributed by atoms with E-state index in [9.17, 15) is 0 Å². The molecule has 1 atom stereocenters. The highest BCUT2D eigenvalue weighted by atomic mass is 32.1. The van der Waals surface area contributed by atoms with Crippen LogP contribution in [0.3, 0.4) is 0 Å². The standard InChI is InChI=1S/C10H17N3S/c1-7(2)4-9(13-11)5-10-6-14-8(3)12-10/h6,9,13H,1,4-5,11H2,2-3H3. The Balaban J connectivity index is 2.52. The Morgan fingerprint density at radius 1 is 1.79 bits per heavy atom. The quantitative estimate of drug-likeness (QED) is 0.443. The minimum Gasteiger partial charge on any atom is -0.271 e. The van der Waals surface area contributed by atoms with Gasteiger partial charge in [0.15, 0.2) is 0 Å². The number of nitrogens with one attached hydrogen (secondary N) is 1. The summed E-state index contributed by atoms with van der Waals surface area (Å²) in [6, 6.07) is 0.244. The minimum atomic E-state index is 0.244. The van der Waals surface area contributed by atoms with Crippen molar-refractivity contribution in [2.75, 3.05) is 0 Å². The summed E-state index contributed by atoms with van der Waals surface area (Å²) < 4.78 is 0. The second kappa shape index (κ2) is 5.24. The highest BCUT2D eigenvalue weighted by Crippen LogP contribution is 2.12. The molecule has 14 heavy (non-hydrogen) atoms. The number of hydrogen-bond acceptors (Lipinski definition) is 4. The molecular weight excluding hydrogens is 194 g/mol. The van der Waals surface area contributed by atoms with Crippen molar-refractivity contribution >= 4 is 11.3 Å². The van der Waals surface area contributed by atoms with Crippen LogP contribution in [0.1, 0.15) is 24.0 Å². The smallest absolute Gasteiger partial charge is 0.0897 e. The van der Waals surface area contributed by atoms with Crippen molar-refractivity contribution < 1.29 is 0 Å². The molecule has 0 spiro atoms. The highest BCUT2D eigenvalue weighted by Gasteiger charge is 2.09. The first-order valence-electron chi connectivity index (χ1n) is 4.63. The summed E-state index contributed by atoms with van der Waals surface area (Å²) in [4.78, 5) is 4.40. The molecule has 0 saturated heterocycles. The molecule has 78 valence electrons. The first-order valence-corrected chi connectivity index (χ1v) is 5.51. The number of hydrogen-bond donors (Lipinski definition) is 2. The van der Waals surface area contributed by atoms with Gasteiger partial charge in [-0.3, -0.25) is 11.3 Å². The Morgan fingerprint density at radius 3 is 2.93 bits per heavy atom. The van der Waals surface area contributed by atoms with E-state index in [1.54, 1.807) is 11.3 Å². The number of thiazole rings is 1. The SMILES string of the molecule is C=C(C)CC(Cc1csc(C)n1)NN. The monoisotopic (exact) mass is 211 g/mol. The molecule has 1 unspecified atom stereocenters. The van der Waals surface area contributed by atoms with Crippen LogP contribution < -0.4 is 11.3 Å². The molecule has 3 N–H and O–H groups in total. The molecule has 0 aliphatic carbocycles. The van der Waals surface area contributed by atoms with Gasteiger partial charge in [0.05, 0.1) is 10.7 Å². The van der Waals surface area contributed by atoms with E-state index in [-0.39, 0.29) is 6.04 Å². The second-order valence-electron chi connectivity index (χ2n) is 3.59. The maximum Gasteiger partial charge on any atom is 0.0897 e. The van der Waals surface area contributed by atoms with Crippen molar-refractivity contribution in [3.8, 4) is 0 Å². The largest absolute Gasteiger partial charge is 0.271 e. The summed E-state index contributed by atoms with van der Waals surface area (Å²) >= 11 is 1.67. The predicted molar refractivity (Wildman–Crippen MR) is 61.1 cm³/mol. The average molecular weight is 211 g/mol. The van der Waals surface area contributed by atoms with Gasteiger partial charge in [-0.05, 0) is 20.3 Å². The van der Waals surface area contributed by atoms with Crippen molar-refractivity contribution in [2.45, 2.75) is 32.7 Å². The van der Waals surface area contributed by atoms with E-state index < -0.39 is 0 Å². The topological polar surface area (TPSA) is 50.9 Å². The van der Waals surface area contributed by atoms with Crippen LogP contribution in [0.4, 0.5) is 0 Å². The molecule has 0 bridgehead atoms. The number of nitrogens with two attached hydrogens (primary N) is 1. The van der Waals surface area contributed by atoms with E-state index in [0.29, 0.717) is 0 Å². The van der Waals surface area contributed by atoms with Crippen LogP contribution in [0, 0.1) is 6.92 Å². The van der Waals surface area contributed by atoms with E-state index in [0.717, 1.165) is 29.1 Å². The van der Waals surface area contributed by atoms with Crippen LogP contribution in [0.5, 0.6) is 0 Å². The van der Waals surface area contributed by atoms with Gasteiger partial charge in [0.25, 0.3) is 0 Å². The van der Waals surface area contributed by atoms with Crippen LogP contribution in [0.2, 0.25) is 0 Å². The van der Waals surface area contributed by atoms with Gasteiger partial charge >= 0.3 is 0 Å². The van der Waals surface area contributed by atoms with E-state index in [1.807, 2.05) is 13.8 Å². The van der Waals surface area contributed by atoms with E-state index >= 15 is 0 Å². The van der Waals surface area contributed by atoms with Gasteiger partial charge < -0.3 is 0 Å². The number of aromatic nitrogens is 1. The second-order valence-corrected chi connectivity index (χ2v) is 4.65. The van der Waals surface area contributed by atoms with Gasteiger partial charge in [-0.1, -0.05) is 5.57 Å². The minimum absolute atomic E-state index is 0.244. The summed E-state index contributed by atoms with van der Waals surface area (Å²) in [6.45, 7) is 7.90. The highest BCUT2D eigenvalue weighted by molar-refractivity contribution is 7.09. The maximum absolute atomic E-state index is 5.46. The summed E-state index contributed by atoms with van der Waals surface area (Å²) in [6.07, 6.45) is 1.76. The normalized spacial score (nSPS) is 12.8. The zero-order chi connectivity index (χ0) is 10.6. The molecule has 1 rings (SSSR count). The van der Waals surface area contributed by atoms with Crippen molar-refractivity contribution in [1.29, 1.82) is 0 Å². The molecule has 1 heterocycles. The zero-order valence-corrected chi connectivity index (χ0v) is 9.53. The number of hydrazine groups is 1. The Morgan fingerprint density at radius 2 is 2.50 bits per heavy atom. The van der Waals surface area contributed by atoms with Gasteiger partial charge in [0, 0.05) is 17.8 Å². The molecule has 1 aromatic rings. The van der Waals surface area contributed by atoms with E-state index in [4.69, 9.17) is 5.84 Å². The van der Waals surface area contributed by atoms with Crippen LogP contribution in [0.25, 0.3) is 0 Å². The molecular formula is C10H17N3S. The fraction of sp³-hybridized carbons (Fsp3) is 0.500. The number of nitrogens with zero attached hydrogens (tertiary/aromatic N) is 1. The van der Waals surface area contributed by atoms with Gasteiger partial charge in [-0.15, -0.1) is 17.9 Å². The number of aryl methyl sites for hydroxylation is 1.